The smallest absolute Gasteiger partial charge is 0.233 e. The van der Waals surface area contributed by atoms with E-state index in [-0.39, 0.29) is 5.91 Å². The molecule has 1 saturated carbocycles. The summed E-state index contributed by atoms with van der Waals surface area (Å²) < 4.78 is 1.60. The lowest BCUT2D eigenvalue weighted by molar-refractivity contribution is -0.131. The van der Waals surface area contributed by atoms with Gasteiger partial charge >= 0.3 is 0 Å². The van der Waals surface area contributed by atoms with Crippen molar-refractivity contribution in [3.05, 3.63) is 0 Å². The fourth-order valence-corrected chi connectivity index (χ4v) is 4.14. The normalized spacial score (nSPS) is 26.4. The van der Waals surface area contributed by atoms with Gasteiger partial charge in [-0.3, -0.25) is 4.79 Å². The number of amides is 1. The number of thioether (sulfide) groups is 1. The number of aryl methyl sites for hydroxylation is 1. The number of nitrogens with zero attached hydrogens (tertiary/aromatic N) is 5. The topological polar surface area (TPSA) is 63.9 Å². The summed E-state index contributed by atoms with van der Waals surface area (Å²) in [5, 5.41) is 11.9. The highest BCUT2D eigenvalue weighted by Gasteiger charge is 2.32. The van der Waals surface area contributed by atoms with Gasteiger partial charge in [0.2, 0.25) is 11.1 Å². The van der Waals surface area contributed by atoms with Gasteiger partial charge in [0.05, 0.1) is 5.75 Å². The summed E-state index contributed by atoms with van der Waals surface area (Å²) in [6.07, 6.45) is 6.57. The molecule has 2 aliphatic rings. The van der Waals surface area contributed by atoms with E-state index in [2.05, 4.69) is 15.5 Å². The summed E-state index contributed by atoms with van der Waals surface area (Å²) in [7, 11) is 1.79. The molecule has 0 spiro atoms. The van der Waals surface area contributed by atoms with Gasteiger partial charge in [0.25, 0.3) is 0 Å². The quantitative estimate of drug-likeness (QED) is 0.787. The number of carbonyl (C=O) groups is 1. The van der Waals surface area contributed by atoms with Crippen LogP contribution in [0.15, 0.2) is 5.16 Å². The Labute approximate surface area is 123 Å². The summed E-state index contributed by atoms with van der Waals surface area (Å²) in [5.74, 6) is 2.26. The first-order chi connectivity index (χ1) is 9.74. The van der Waals surface area contributed by atoms with Crippen molar-refractivity contribution >= 4 is 17.7 Å². The molecule has 1 amide bonds. The largest absolute Gasteiger partial charge is 0.342 e. The molecule has 1 aliphatic heterocycles. The highest BCUT2D eigenvalue weighted by atomic mass is 32.2. The average Bonchev–Trinajstić information content (AvgIpc) is 2.89. The van der Waals surface area contributed by atoms with E-state index in [0.29, 0.717) is 10.9 Å². The maximum absolute atomic E-state index is 12.3. The lowest BCUT2D eigenvalue weighted by atomic mass is 9.75. The Balaban J connectivity index is 1.51. The van der Waals surface area contributed by atoms with E-state index in [9.17, 15) is 4.79 Å². The minimum Gasteiger partial charge on any atom is -0.342 e. The second-order valence-electron chi connectivity index (χ2n) is 5.81. The van der Waals surface area contributed by atoms with Gasteiger partial charge in [-0.2, -0.15) is 0 Å². The van der Waals surface area contributed by atoms with Crippen molar-refractivity contribution in [1.82, 2.24) is 25.1 Å². The Hall–Kier alpha value is -1.11. The third-order valence-corrected chi connectivity index (χ3v) is 5.55. The highest BCUT2D eigenvalue weighted by Crippen LogP contribution is 2.36. The van der Waals surface area contributed by atoms with Crippen molar-refractivity contribution in [2.45, 2.75) is 37.3 Å². The maximum atomic E-state index is 12.3. The molecule has 2 fully saturated rings. The predicted octanol–water partition coefficient (Wildman–Crippen LogP) is 1.34. The van der Waals surface area contributed by atoms with Crippen molar-refractivity contribution < 1.29 is 4.79 Å². The lowest BCUT2D eigenvalue weighted by Crippen LogP contribution is -2.45. The molecule has 0 bridgehead atoms. The van der Waals surface area contributed by atoms with Crippen LogP contribution in [-0.4, -0.2) is 49.9 Å². The third kappa shape index (κ3) is 2.97. The van der Waals surface area contributed by atoms with Crippen LogP contribution in [0.3, 0.4) is 0 Å². The second-order valence-corrected chi connectivity index (χ2v) is 6.75. The molecule has 3 rings (SSSR count). The summed E-state index contributed by atoms with van der Waals surface area (Å²) in [6.45, 7) is 1.89. The summed E-state index contributed by atoms with van der Waals surface area (Å²) in [5.41, 5.74) is 0. The predicted molar refractivity (Wildman–Crippen MR) is 76.2 cm³/mol. The van der Waals surface area contributed by atoms with Gasteiger partial charge in [-0.15, -0.1) is 5.10 Å². The first kappa shape index (κ1) is 13.9. The van der Waals surface area contributed by atoms with Gasteiger partial charge < -0.3 is 4.90 Å². The van der Waals surface area contributed by atoms with Crippen molar-refractivity contribution in [3.8, 4) is 0 Å². The zero-order valence-electron chi connectivity index (χ0n) is 11.9. The molecule has 1 aromatic rings. The summed E-state index contributed by atoms with van der Waals surface area (Å²) in [6, 6.07) is 0. The first-order valence-electron chi connectivity index (χ1n) is 7.37. The Morgan fingerprint density at radius 3 is 2.85 bits per heavy atom. The Morgan fingerprint density at radius 1 is 1.30 bits per heavy atom. The molecule has 1 saturated heterocycles. The van der Waals surface area contributed by atoms with E-state index in [1.54, 1.807) is 11.7 Å². The third-order valence-electron chi connectivity index (χ3n) is 4.55. The SMILES string of the molecule is Cn1nnnc1SCC(=O)N1CCC2CCCCC2C1. The minimum atomic E-state index is 0.224. The Kier molecular flexibility index (Phi) is 4.24. The molecule has 2 heterocycles. The van der Waals surface area contributed by atoms with E-state index in [1.165, 1.54) is 43.9 Å². The van der Waals surface area contributed by atoms with Crippen LogP contribution in [0.5, 0.6) is 0 Å². The van der Waals surface area contributed by atoms with Crippen LogP contribution in [0.4, 0.5) is 0 Å². The number of fused-ring (bicyclic) bond motifs is 1. The molecule has 20 heavy (non-hydrogen) atoms. The molecule has 2 unspecified atom stereocenters. The monoisotopic (exact) mass is 295 g/mol. The molecule has 0 N–H and O–H groups in total. The molecule has 110 valence electrons. The van der Waals surface area contributed by atoms with Gasteiger partial charge in [-0.1, -0.05) is 31.0 Å². The van der Waals surface area contributed by atoms with Crippen molar-refractivity contribution in [1.29, 1.82) is 0 Å². The fourth-order valence-electron chi connectivity index (χ4n) is 3.39. The zero-order chi connectivity index (χ0) is 13.9. The van der Waals surface area contributed by atoms with E-state index in [0.717, 1.165) is 24.9 Å². The number of piperidine rings is 1. The fraction of sp³-hybridized carbons (Fsp3) is 0.846. The molecule has 1 aromatic heterocycles. The van der Waals surface area contributed by atoms with Crippen molar-refractivity contribution in [2.75, 3.05) is 18.8 Å². The van der Waals surface area contributed by atoms with Gasteiger partial charge in [0, 0.05) is 20.1 Å². The molecule has 1 aliphatic carbocycles. The van der Waals surface area contributed by atoms with Crippen LogP contribution >= 0.6 is 11.8 Å². The molecular weight excluding hydrogens is 274 g/mol. The number of rotatable bonds is 3. The Bertz CT molecular complexity index is 477. The van der Waals surface area contributed by atoms with Crippen molar-refractivity contribution in [2.24, 2.45) is 18.9 Å². The molecular formula is C13H21N5OS. The van der Waals surface area contributed by atoms with Crippen LogP contribution < -0.4 is 0 Å². The number of likely N-dealkylation sites (tertiary alicyclic amines) is 1. The van der Waals surface area contributed by atoms with Gasteiger partial charge in [0.1, 0.15) is 0 Å². The van der Waals surface area contributed by atoms with Crippen molar-refractivity contribution in [3.63, 3.8) is 0 Å². The second kappa shape index (κ2) is 6.11. The number of tetrazole rings is 1. The molecule has 7 heteroatoms. The number of hydrogen-bond donors (Lipinski definition) is 0. The van der Waals surface area contributed by atoms with E-state index in [4.69, 9.17) is 0 Å². The van der Waals surface area contributed by atoms with Crippen LogP contribution in [0.25, 0.3) is 0 Å². The highest BCUT2D eigenvalue weighted by molar-refractivity contribution is 7.99. The number of carbonyl (C=O) groups excluding carboxylic acids is 1. The zero-order valence-corrected chi connectivity index (χ0v) is 12.7. The lowest BCUT2D eigenvalue weighted by Gasteiger charge is -2.41. The average molecular weight is 295 g/mol. The maximum Gasteiger partial charge on any atom is 0.233 e. The van der Waals surface area contributed by atoms with Crippen LogP contribution in [-0.2, 0) is 11.8 Å². The van der Waals surface area contributed by atoms with Crippen LogP contribution in [0.2, 0.25) is 0 Å². The number of hydrogen-bond acceptors (Lipinski definition) is 5. The standard InChI is InChI=1S/C13H21N5OS/c1-17-13(14-15-16-17)20-9-12(19)18-7-6-10-4-2-3-5-11(10)8-18/h10-11H,2-9H2,1H3. The van der Waals surface area contributed by atoms with Crippen LogP contribution in [0, 0.1) is 11.8 Å². The summed E-state index contributed by atoms with van der Waals surface area (Å²) in [4.78, 5) is 14.4. The molecule has 6 nitrogen and oxygen atoms in total. The van der Waals surface area contributed by atoms with Gasteiger partial charge in [-0.05, 0) is 35.1 Å². The minimum absolute atomic E-state index is 0.224. The molecule has 0 radical (unpaired) electrons. The van der Waals surface area contributed by atoms with E-state index in [1.807, 2.05) is 4.90 Å². The summed E-state index contributed by atoms with van der Waals surface area (Å²) >= 11 is 1.42. The Morgan fingerprint density at radius 2 is 2.10 bits per heavy atom. The molecule has 2 atom stereocenters. The van der Waals surface area contributed by atoms with E-state index < -0.39 is 0 Å². The van der Waals surface area contributed by atoms with Gasteiger partial charge in [-0.25, -0.2) is 4.68 Å². The van der Waals surface area contributed by atoms with E-state index >= 15 is 0 Å². The van der Waals surface area contributed by atoms with Gasteiger partial charge in [0.15, 0.2) is 0 Å². The first-order valence-corrected chi connectivity index (χ1v) is 8.35. The molecule has 0 aromatic carbocycles. The van der Waals surface area contributed by atoms with Crippen LogP contribution in [0.1, 0.15) is 32.1 Å². The number of aromatic nitrogens is 4.